The van der Waals surface area contributed by atoms with Crippen molar-refractivity contribution >= 4 is 16.8 Å². The lowest BCUT2D eigenvalue weighted by Crippen LogP contribution is -1.81. The molecule has 0 saturated carbocycles. The Labute approximate surface area is 111 Å². The van der Waals surface area contributed by atoms with E-state index in [1.165, 1.54) is 0 Å². The van der Waals surface area contributed by atoms with Gasteiger partial charge in [-0.25, -0.2) is 0 Å². The molecule has 0 aliphatic rings. The summed E-state index contributed by atoms with van der Waals surface area (Å²) in [6.07, 6.45) is 3.88. The Kier molecular flexibility index (Phi) is 2.80. The number of hydrogen-bond donors (Lipinski definition) is 2. The summed E-state index contributed by atoms with van der Waals surface area (Å²) in [5.74, 6) is 0.275. The van der Waals surface area contributed by atoms with Crippen LogP contribution in [0.5, 0.6) is 5.75 Å². The molecule has 3 heteroatoms. The second-order valence-corrected chi connectivity index (χ2v) is 4.39. The van der Waals surface area contributed by atoms with Crippen molar-refractivity contribution in [3.8, 4) is 17.0 Å². The molecule has 0 unspecified atom stereocenters. The van der Waals surface area contributed by atoms with Crippen LogP contribution in [0.3, 0.4) is 0 Å². The van der Waals surface area contributed by atoms with Gasteiger partial charge in [0.1, 0.15) is 5.75 Å². The third-order valence-electron chi connectivity index (χ3n) is 3.12. The molecular formula is C16H14N2O. The number of benzene rings is 2. The minimum atomic E-state index is 0.275. The van der Waals surface area contributed by atoms with E-state index in [2.05, 4.69) is 10.2 Å². The molecule has 0 spiro atoms. The molecule has 19 heavy (non-hydrogen) atoms. The van der Waals surface area contributed by atoms with E-state index in [4.69, 9.17) is 0 Å². The summed E-state index contributed by atoms with van der Waals surface area (Å²) in [4.78, 5) is 0. The smallest absolute Gasteiger partial charge is 0.132 e. The minimum absolute atomic E-state index is 0.275. The maximum atomic E-state index is 10.4. The number of nitrogens with one attached hydrogen (secondary N) is 1. The number of fused-ring (bicyclic) bond motifs is 1. The Morgan fingerprint density at radius 2 is 2.00 bits per heavy atom. The number of rotatable bonds is 2. The highest BCUT2D eigenvalue weighted by molar-refractivity contribution is 5.94. The molecule has 0 radical (unpaired) electrons. The molecule has 1 heterocycles. The van der Waals surface area contributed by atoms with E-state index >= 15 is 0 Å². The Hall–Kier alpha value is -2.55. The molecule has 3 rings (SSSR count). The molecule has 3 aromatic rings. The predicted octanol–water partition coefficient (Wildman–Crippen LogP) is 3.97. The first-order chi connectivity index (χ1) is 9.29. The predicted molar refractivity (Wildman–Crippen MR) is 77.9 cm³/mol. The quantitative estimate of drug-likeness (QED) is 0.723. The van der Waals surface area contributed by atoms with Gasteiger partial charge in [-0.05, 0) is 30.5 Å². The van der Waals surface area contributed by atoms with Gasteiger partial charge in [-0.15, -0.1) is 0 Å². The molecule has 0 aliphatic heterocycles. The number of H-pyrrole nitrogens is 1. The Bertz CT molecular complexity index is 756. The molecule has 0 atom stereocenters. The van der Waals surface area contributed by atoms with Crippen LogP contribution < -0.4 is 0 Å². The largest absolute Gasteiger partial charge is 0.507 e. The van der Waals surface area contributed by atoms with Crippen molar-refractivity contribution in [2.24, 2.45) is 0 Å². The van der Waals surface area contributed by atoms with Crippen LogP contribution in [-0.4, -0.2) is 15.3 Å². The van der Waals surface area contributed by atoms with Gasteiger partial charge in [0.15, 0.2) is 0 Å². The van der Waals surface area contributed by atoms with Crippen LogP contribution in [0.4, 0.5) is 0 Å². The molecule has 0 amide bonds. The topological polar surface area (TPSA) is 48.9 Å². The van der Waals surface area contributed by atoms with Gasteiger partial charge in [-0.1, -0.05) is 36.4 Å². The van der Waals surface area contributed by atoms with Gasteiger partial charge in [0.25, 0.3) is 0 Å². The van der Waals surface area contributed by atoms with Crippen molar-refractivity contribution in [3.63, 3.8) is 0 Å². The standard InChI is InChI=1S/C16H14N2O/c1-2-5-12-10-15(18-17-12)14-9-8-11-6-3-4-7-13(11)16(14)19/h2-10,19H,1H3,(H,17,18)/b5-2+. The maximum Gasteiger partial charge on any atom is 0.132 e. The van der Waals surface area contributed by atoms with Crippen molar-refractivity contribution in [2.75, 3.05) is 0 Å². The van der Waals surface area contributed by atoms with Crippen molar-refractivity contribution in [2.45, 2.75) is 6.92 Å². The first-order valence-corrected chi connectivity index (χ1v) is 6.19. The zero-order valence-corrected chi connectivity index (χ0v) is 10.6. The van der Waals surface area contributed by atoms with Crippen LogP contribution in [0.25, 0.3) is 28.1 Å². The van der Waals surface area contributed by atoms with Crippen LogP contribution in [0.2, 0.25) is 0 Å². The molecule has 1 aromatic heterocycles. The average molecular weight is 250 g/mol. The third kappa shape index (κ3) is 1.99. The molecule has 2 N–H and O–H groups in total. The number of aromatic hydroxyl groups is 1. The Morgan fingerprint density at radius 3 is 2.84 bits per heavy atom. The van der Waals surface area contributed by atoms with Crippen molar-refractivity contribution in [1.29, 1.82) is 0 Å². The average Bonchev–Trinajstić information content (AvgIpc) is 2.88. The summed E-state index contributed by atoms with van der Waals surface area (Å²) < 4.78 is 0. The second kappa shape index (κ2) is 4.61. The monoisotopic (exact) mass is 250 g/mol. The Morgan fingerprint density at radius 1 is 1.16 bits per heavy atom. The fourth-order valence-electron chi connectivity index (χ4n) is 2.20. The lowest BCUT2D eigenvalue weighted by atomic mass is 10.0. The van der Waals surface area contributed by atoms with Crippen LogP contribution in [0, 0.1) is 0 Å². The zero-order valence-electron chi connectivity index (χ0n) is 10.6. The summed E-state index contributed by atoms with van der Waals surface area (Å²) in [7, 11) is 0. The van der Waals surface area contributed by atoms with E-state index in [1.807, 2.05) is 61.5 Å². The molecule has 94 valence electrons. The molecular weight excluding hydrogens is 236 g/mol. The molecule has 0 aliphatic carbocycles. The highest BCUT2D eigenvalue weighted by atomic mass is 16.3. The lowest BCUT2D eigenvalue weighted by Gasteiger charge is -2.05. The van der Waals surface area contributed by atoms with E-state index in [9.17, 15) is 5.11 Å². The van der Waals surface area contributed by atoms with Gasteiger partial charge in [-0.3, -0.25) is 5.10 Å². The number of hydrogen-bond acceptors (Lipinski definition) is 2. The number of nitrogens with zero attached hydrogens (tertiary/aromatic N) is 1. The van der Waals surface area contributed by atoms with Crippen LogP contribution >= 0.6 is 0 Å². The first-order valence-electron chi connectivity index (χ1n) is 6.19. The number of allylic oxidation sites excluding steroid dienone is 1. The van der Waals surface area contributed by atoms with Crippen LogP contribution in [0.15, 0.2) is 48.5 Å². The summed E-state index contributed by atoms with van der Waals surface area (Å²) in [5, 5.41) is 19.4. The summed E-state index contributed by atoms with van der Waals surface area (Å²) >= 11 is 0. The highest BCUT2D eigenvalue weighted by Crippen LogP contribution is 2.35. The lowest BCUT2D eigenvalue weighted by molar-refractivity contribution is 0.483. The van der Waals surface area contributed by atoms with Gasteiger partial charge in [0.2, 0.25) is 0 Å². The number of aromatic amines is 1. The van der Waals surface area contributed by atoms with Crippen LogP contribution in [0.1, 0.15) is 12.6 Å². The van der Waals surface area contributed by atoms with E-state index in [0.717, 1.165) is 27.7 Å². The van der Waals surface area contributed by atoms with E-state index < -0.39 is 0 Å². The third-order valence-corrected chi connectivity index (χ3v) is 3.12. The van der Waals surface area contributed by atoms with Gasteiger partial charge >= 0.3 is 0 Å². The normalized spacial score (nSPS) is 11.4. The fourth-order valence-corrected chi connectivity index (χ4v) is 2.20. The van der Waals surface area contributed by atoms with Gasteiger partial charge in [0.05, 0.1) is 11.4 Å². The van der Waals surface area contributed by atoms with E-state index in [-0.39, 0.29) is 5.75 Å². The highest BCUT2D eigenvalue weighted by Gasteiger charge is 2.10. The number of phenolic OH excluding ortho intramolecular Hbond substituents is 1. The zero-order chi connectivity index (χ0) is 13.2. The van der Waals surface area contributed by atoms with Gasteiger partial charge in [0, 0.05) is 10.9 Å². The van der Waals surface area contributed by atoms with Crippen molar-refractivity contribution in [1.82, 2.24) is 10.2 Å². The number of phenols is 1. The van der Waals surface area contributed by atoms with Crippen molar-refractivity contribution < 1.29 is 5.11 Å². The maximum absolute atomic E-state index is 10.4. The molecule has 0 bridgehead atoms. The van der Waals surface area contributed by atoms with Gasteiger partial charge in [-0.2, -0.15) is 5.10 Å². The molecule has 3 nitrogen and oxygen atoms in total. The summed E-state index contributed by atoms with van der Waals surface area (Å²) in [6, 6.07) is 13.6. The van der Waals surface area contributed by atoms with Crippen LogP contribution in [-0.2, 0) is 0 Å². The van der Waals surface area contributed by atoms with E-state index in [0.29, 0.717) is 0 Å². The minimum Gasteiger partial charge on any atom is -0.507 e. The first kappa shape index (κ1) is 11.5. The molecule has 0 fully saturated rings. The number of aromatic nitrogens is 2. The fraction of sp³-hybridized carbons (Fsp3) is 0.0625. The Balaban J connectivity index is 2.16. The molecule has 2 aromatic carbocycles. The van der Waals surface area contributed by atoms with E-state index in [1.54, 1.807) is 0 Å². The summed E-state index contributed by atoms with van der Waals surface area (Å²) in [6.45, 7) is 1.95. The SMILES string of the molecule is C/C=C/c1cc(-c2ccc3ccccc3c2O)n[nH]1. The van der Waals surface area contributed by atoms with Crippen molar-refractivity contribution in [3.05, 3.63) is 54.2 Å². The van der Waals surface area contributed by atoms with Gasteiger partial charge < -0.3 is 5.11 Å². The second-order valence-electron chi connectivity index (χ2n) is 4.39. The molecule has 0 saturated heterocycles. The summed E-state index contributed by atoms with van der Waals surface area (Å²) in [5.41, 5.74) is 2.41.